The van der Waals surface area contributed by atoms with Crippen LogP contribution in [-0.2, 0) is 6.42 Å². The topological polar surface area (TPSA) is 24.9 Å². The van der Waals surface area contributed by atoms with Crippen LogP contribution in [0.15, 0.2) is 12.3 Å². The summed E-state index contributed by atoms with van der Waals surface area (Å²) in [5.74, 6) is 3.18. The van der Waals surface area contributed by atoms with E-state index in [1.807, 2.05) is 6.20 Å². The largest absolute Gasteiger partial charge is 0.370 e. The number of anilines is 1. The van der Waals surface area contributed by atoms with Crippen LogP contribution in [-0.4, -0.2) is 11.5 Å². The fraction of sp³-hybridized carbons (Fsp3) is 0.643. The summed E-state index contributed by atoms with van der Waals surface area (Å²) in [6, 6.07) is 2.17. The van der Waals surface area contributed by atoms with Gasteiger partial charge in [0.15, 0.2) is 0 Å². The van der Waals surface area contributed by atoms with Crippen molar-refractivity contribution in [1.29, 1.82) is 0 Å². The van der Waals surface area contributed by atoms with Crippen LogP contribution in [0.25, 0.3) is 0 Å². The first-order valence-corrected chi connectivity index (χ1v) is 6.31. The maximum Gasteiger partial charge on any atom is 0.129 e. The predicted molar refractivity (Wildman–Crippen MR) is 68.8 cm³/mol. The zero-order chi connectivity index (χ0) is 11.7. The van der Waals surface area contributed by atoms with Crippen LogP contribution in [0.2, 0.25) is 0 Å². The molecule has 1 aliphatic rings. The Morgan fingerprint density at radius 2 is 2.06 bits per heavy atom. The van der Waals surface area contributed by atoms with Crippen molar-refractivity contribution in [2.75, 3.05) is 11.9 Å². The summed E-state index contributed by atoms with van der Waals surface area (Å²) in [5, 5.41) is 3.48. The molecule has 0 fully saturated rings. The Labute approximate surface area is 98.5 Å². The lowest BCUT2D eigenvalue weighted by molar-refractivity contribution is 0.391. The molecule has 2 nitrogen and oxygen atoms in total. The van der Waals surface area contributed by atoms with E-state index in [0.29, 0.717) is 5.92 Å². The smallest absolute Gasteiger partial charge is 0.129 e. The minimum Gasteiger partial charge on any atom is -0.370 e. The molecule has 2 heterocycles. The first-order chi connectivity index (χ1) is 7.59. The number of fused-ring (bicyclic) bond motifs is 1. The minimum absolute atomic E-state index is 0.587. The third-order valence-corrected chi connectivity index (χ3v) is 3.65. The molecule has 0 aliphatic carbocycles. The summed E-state index contributed by atoms with van der Waals surface area (Å²) in [6.45, 7) is 10.2. The van der Waals surface area contributed by atoms with Crippen LogP contribution in [0.1, 0.15) is 44.7 Å². The Morgan fingerprint density at radius 3 is 2.69 bits per heavy atom. The van der Waals surface area contributed by atoms with Crippen LogP contribution in [0.3, 0.4) is 0 Å². The molecule has 2 heteroatoms. The van der Waals surface area contributed by atoms with Gasteiger partial charge in [0.1, 0.15) is 5.82 Å². The number of nitrogens with one attached hydrogen (secondary N) is 1. The van der Waals surface area contributed by atoms with E-state index < -0.39 is 0 Å². The van der Waals surface area contributed by atoms with E-state index >= 15 is 0 Å². The fourth-order valence-corrected chi connectivity index (χ4v) is 2.45. The van der Waals surface area contributed by atoms with E-state index in [4.69, 9.17) is 0 Å². The molecule has 88 valence electrons. The van der Waals surface area contributed by atoms with Gasteiger partial charge in [0, 0.05) is 12.7 Å². The van der Waals surface area contributed by atoms with Gasteiger partial charge in [-0.3, -0.25) is 0 Å². The van der Waals surface area contributed by atoms with Crippen molar-refractivity contribution in [2.45, 2.75) is 40.0 Å². The molecule has 0 radical (unpaired) electrons. The standard InChI is InChI=1S/C14H22N2/c1-9(2)11-7-13-12(10(3)4)5-6-15-14(13)16-8-11/h5-6,9-11H,7-8H2,1-4H3,(H,15,16). The van der Waals surface area contributed by atoms with Gasteiger partial charge < -0.3 is 5.32 Å². The number of pyridine rings is 1. The van der Waals surface area contributed by atoms with Gasteiger partial charge in [-0.15, -0.1) is 0 Å². The van der Waals surface area contributed by atoms with Gasteiger partial charge in [-0.25, -0.2) is 4.98 Å². The molecule has 1 aromatic heterocycles. The Kier molecular flexibility index (Phi) is 3.17. The average Bonchev–Trinajstić information content (AvgIpc) is 2.27. The first kappa shape index (κ1) is 11.4. The van der Waals surface area contributed by atoms with Crippen LogP contribution in [0, 0.1) is 11.8 Å². The third-order valence-electron chi connectivity index (χ3n) is 3.65. The van der Waals surface area contributed by atoms with E-state index in [-0.39, 0.29) is 0 Å². The first-order valence-electron chi connectivity index (χ1n) is 6.31. The molecule has 0 bridgehead atoms. The van der Waals surface area contributed by atoms with Crippen molar-refractivity contribution < 1.29 is 0 Å². The zero-order valence-electron chi connectivity index (χ0n) is 10.7. The molecule has 1 aromatic rings. The molecule has 0 aromatic carbocycles. The Hall–Kier alpha value is -1.05. The number of nitrogens with zero attached hydrogens (tertiary/aromatic N) is 1. The number of aromatic nitrogens is 1. The average molecular weight is 218 g/mol. The Morgan fingerprint density at radius 1 is 1.31 bits per heavy atom. The Bertz CT molecular complexity index is 369. The lowest BCUT2D eigenvalue weighted by Crippen LogP contribution is -2.28. The highest BCUT2D eigenvalue weighted by atomic mass is 15.0. The summed E-state index contributed by atoms with van der Waals surface area (Å²) in [4.78, 5) is 4.44. The van der Waals surface area contributed by atoms with E-state index in [1.165, 1.54) is 17.5 Å². The molecule has 1 N–H and O–H groups in total. The summed E-state index contributed by atoms with van der Waals surface area (Å²) in [7, 11) is 0. The number of hydrogen-bond donors (Lipinski definition) is 1. The molecule has 1 unspecified atom stereocenters. The predicted octanol–water partition coefficient (Wildman–Crippen LogP) is 3.45. The SMILES string of the molecule is CC(C)c1ccnc2c1CC(C(C)C)CN2. The van der Waals surface area contributed by atoms with Gasteiger partial charge in [0.05, 0.1) is 0 Å². The van der Waals surface area contributed by atoms with Gasteiger partial charge in [0.2, 0.25) is 0 Å². The van der Waals surface area contributed by atoms with Gasteiger partial charge in [-0.1, -0.05) is 27.7 Å². The Balaban J connectivity index is 2.34. The molecule has 0 spiro atoms. The summed E-state index contributed by atoms with van der Waals surface area (Å²) < 4.78 is 0. The highest BCUT2D eigenvalue weighted by Gasteiger charge is 2.24. The molecular weight excluding hydrogens is 196 g/mol. The minimum atomic E-state index is 0.587. The second-order valence-electron chi connectivity index (χ2n) is 5.47. The molecule has 0 amide bonds. The summed E-state index contributed by atoms with van der Waals surface area (Å²) >= 11 is 0. The lowest BCUT2D eigenvalue weighted by Gasteiger charge is -2.30. The van der Waals surface area contributed by atoms with E-state index in [1.54, 1.807) is 0 Å². The van der Waals surface area contributed by atoms with Crippen molar-refractivity contribution in [2.24, 2.45) is 11.8 Å². The van der Waals surface area contributed by atoms with Crippen molar-refractivity contribution in [1.82, 2.24) is 4.98 Å². The highest BCUT2D eigenvalue weighted by molar-refractivity contribution is 5.51. The second kappa shape index (κ2) is 4.44. The molecule has 16 heavy (non-hydrogen) atoms. The molecule has 1 atom stereocenters. The van der Waals surface area contributed by atoms with Crippen molar-refractivity contribution in [3.63, 3.8) is 0 Å². The lowest BCUT2D eigenvalue weighted by atomic mass is 9.83. The molecule has 1 aliphatic heterocycles. The van der Waals surface area contributed by atoms with Crippen molar-refractivity contribution in [3.8, 4) is 0 Å². The zero-order valence-corrected chi connectivity index (χ0v) is 10.7. The van der Waals surface area contributed by atoms with E-state index in [9.17, 15) is 0 Å². The van der Waals surface area contributed by atoms with Crippen LogP contribution >= 0.6 is 0 Å². The summed E-state index contributed by atoms with van der Waals surface area (Å²) in [5.41, 5.74) is 2.91. The van der Waals surface area contributed by atoms with Gasteiger partial charge >= 0.3 is 0 Å². The molecule has 2 rings (SSSR count). The van der Waals surface area contributed by atoms with Gasteiger partial charge in [-0.05, 0) is 41.4 Å². The highest BCUT2D eigenvalue weighted by Crippen LogP contribution is 2.32. The summed E-state index contributed by atoms with van der Waals surface area (Å²) in [6.07, 6.45) is 3.11. The van der Waals surface area contributed by atoms with Crippen molar-refractivity contribution >= 4 is 5.82 Å². The quantitative estimate of drug-likeness (QED) is 0.822. The second-order valence-corrected chi connectivity index (χ2v) is 5.47. The molecule has 0 saturated carbocycles. The van der Waals surface area contributed by atoms with E-state index in [2.05, 4.69) is 44.1 Å². The fourth-order valence-electron chi connectivity index (χ4n) is 2.45. The number of hydrogen-bond acceptors (Lipinski definition) is 2. The van der Waals surface area contributed by atoms with Gasteiger partial charge in [-0.2, -0.15) is 0 Å². The van der Waals surface area contributed by atoms with Crippen LogP contribution in [0.5, 0.6) is 0 Å². The maximum atomic E-state index is 4.44. The molecular formula is C14H22N2. The van der Waals surface area contributed by atoms with Crippen LogP contribution in [0.4, 0.5) is 5.82 Å². The van der Waals surface area contributed by atoms with Crippen molar-refractivity contribution in [3.05, 3.63) is 23.4 Å². The van der Waals surface area contributed by atoms with Gasteiger partial charge in [0.25, 0.3) is 0 Å². The molecule has 0 saturated heterocycles. The van der Waals surface area contributed by atoms with E-state index in [0.717, 1.165) is 24.2 Å². The normalized spacial score (nSPS) is 19.8. The number of rotatable bonds is 2. The maximum absolute atomic E-state index is 4.44. The van der Waals surface area contributed by atoms with Crippen LogP contribution < -0.4 is 5.32 Å². The third kappa shape index (κ3) is 2.06. The monoisotopic (exact) mass is 218 g/mol.